The third-order valence-corrected chi connectivity index (χ3v) is 29.2. The molecule has 0 saturated carbocycles. The van der Waals surface area contributed by atoms with E-state index in [4.69, 9.17) is 19.6 Å². The molecule has 0 fully saturated rings. The number of halogens is 2. The maximum atomic E-state index is 10.0. The van der Waals surface area contributed by atoms with Crippen molar-refractivity contribution in [2.75, 3.05) is 0 Å². The van der Waals surface area contributed by atoms with Gasteiger partial charge in [-0.2, -0.15) is 0 Å². The van der Waals surface area contributed by atoms with E-state index in [1.54, 1.807) is 29.7 Å². The standard InChI is InChI=1S/C17H18.3C12H12.C12H18.C11H11N.C10H10O.C10H10S.C9H12.C7H6O.C6H8O.C6H8S.C6H12.CH4.BO.BH.2FH/c1-11-9-14-13-7-5-6-8-15(13)17(3,4)16(14)10-12(11)2;1-9-7-11-5-3-4-6-12(11)8-10(9)2;2*1-9-7-8-11-5-3-4-6-12(11)10(9)2;1-7-8(2)10(4)12(6)11(5)9(7)3;1-8-6-10-4-3-5-12-11(10)7-9(8)2;2*1-7-8(2)11-10-6-4-3-5-9(7)10;1-3-9-7-5-4-6-8(9)2;8-6-7-4-2-1-3-5-7;2*1-5-3-4-7-6(5)2;1-5(2)6(3)4;;1-2;;;/h5-10H,1-4H3;3*3-8H,1-2H3;1-6H3;3-7H,1-2H3;2*3-6H,1-2H3;4-7H,3H2,1-2H3;1-6H;2*3-4H,1-2H3;1-4H3;1H4;;3*1H/i;;;;;;;;;;;;;;;1T;;/hT. The summed E-state index contributed by atoms with van der Waals surface area (Å²) in [7, 11) is 7.00. The third-order valence-electron chi connectivity index (χ3n) is 27.1. The predicted octanol–water partition coefficient (Wildman–Crippen LogP) is 38.4. The van der Waals surface area contributed by atoms with E-state index >= 15 is 0 Å². The van der Waals surface area contributed by atoms with E-state index in [-0.39, 0.29) is 17.5 Å². The average Bonchev–Trinajstić information content (AvgIpc) is 1.58. The molecule has 19 aromatic rings. The van der Waals surface area contributed by atoms with Gasteiger partial charge in [0.25, 0.3) is 1.45 Å². The van der Waals surface area contributed by atoms with Crippen molar-refractivity contribution in [2.45, 2.75) is 241 Å². The van der Waals surface area contributed by atoms with Crippen molar-refractivity contribution in [2.24, 2.45) is 0 Å². The second kappa shape index (κ2) is 60.3. The molecule has 5 aromatic heterocycles. The van der Waals surface area contributed by atoms with Crippen molar-refractivity contribution in [3.8, 4) is 11.1 Å². The first kappa shape index (κ1) is 119. The molecule has 0 aliphatic heterocycles. The average molecular weight is 1940 g/mol. The molecule has 0 N–H and O–H groups in total. The molecule has 11 heteroatoms. The third kappa shape index (κ3) is 34.7. The van der Waals surface area contributed by atoms with Crippen LogP contribution >= 0.6 is 22.7 Å². The number of hydrogen-bond donors (Lipinski definition) is 0. The summed E-state index contributed by atoms with van der Waals surface area (Å²) < 4.78 is 37.9. The molecule has 0 unspecified atom stereocenters. The molecule has 741 valence electrons. The van der Waals surface area contributed by atoms with Gasteiger partial charge >= 0.3 is 12.4 Å². The van der Waals surface area contributed by atoms with Crippen LogP contribution in [0.25, 0.3) is 75.4 Å². The number of furan rings is 2. The number of carbonyl (C=O) groups excluding carboxylic acids is 1. The molecule has 0 saturated heterocycles. The summed E-state index contributed by atoms with van der Waals surface area (Å²) in [4.78, 5) is 17.2. The Hall–Kier alpha value is -13.1. The molecular formula is C131H156B2F2NO4S2. The second-order valence-electron chi connectivity index (χ2n) is 37.0. The fraction of sp³-hybridized carbons (Fsp3) is 0.267. The number of aldehydes is 1. The molecule has 142 heavy (non-hydrogen) atoms. The van der Waals surface area contributed by atoms with Gasteiger partial charge < -0.3 is 8.83 Å². The normalized spacial score (nSPS) is 10.4. The Labute approximate surface area is 865 Å². The summed E-state index contributed by atoms with van der Waals surface area (Å²) in [6.07, 6.45) is 5.51. The Morgan fingerprint density at radius 2 is 0.789 bits per heavy atom. The first-order chi connectivity index (χ1) is 67.7. The van der Waals surface area contributed by atoms with Crippen LogP contribution in [0.15, 0.2) is 323 Å². The van der Waals surface area contributed by atoms with E-state index in [9.17, 15) is 4.79 Å². The molecule has 5 heterocycles. The fourth-order valence-corrected chi connectivity index (χ4v) is 17.4. The number of allylic oxidation sites excluding steroid dienone is 2. The van der Waals surface area contributed by atoms with Crippen LogP contribution in [-0.2, 0) is 16.5 Å². The van der Waals surface area contributed by atoms with E-state index in [1.807, 2.05) is 86.8 Å². The quantitative estimate of drug-likeness (QED) is 0.0980. The van der Waals surface area contributed by atoms with Crippen molar-refractivity contribution in [3.63, 3.8) is 0 Å². The van der Waals surface area contributed by atoms with E-state index in [0.29, 0.717) is 0 Å². The number of thiophene rings is 2. The van der Waals surface area contributed by atoms with Gasteiger partial charge in [-0.3, -0.25) is 19.2 Å². The van der Waals surface area contributed by atoms with Crippen LogP contribution in [0, 0.1) is 173 Å². The zero-order valence-corrected chi connectivity index (χ0v) is 91.6. The van der Waals surface area contributed by atoms with Crippen molar-refractivity contribution >= 4 is 109 Å². The molecule has 0 amide bonds. The van der Waals surface area contributed by atoms with Gasteiger partial charge in [-0.25, -0.2) is 0 Å². The molecule has 3 radical (unpaired) electrons. The molecule has 20 rings (SSSR count). The van der Waals surface area contributed by atoms with Gasteiger partial charge in [-0.15, -0.1) is 22.7 Å². The number of hydrogen-bond acceptors (Lipinski definition) is 7. The topological polar surface area (TPSA) is 73.3 Å². The number of para-hydroxylation sites is 1. The van der Waals surface area contributed by atoms with Crippen LogP contribution < -0.4 is 0 Å². The molecule has 14 aromatic carbocycles. The first-order valence-electron chi connectivity index (χ1n) is 48.9. The van der Waals surface area contributed by atoms with Crippen molar-refractivity contribution in [1.82, 2.24) is 4.98 Å². The summed E-state index contributed by atoms with van der Waals surface area (Å²) in [6.45, 7) is 69.1. The molecule has 1 aliphatic rings. The number of fused-ring (bicyclic) bond motifs is 9. The van der Waals surface area contributed by atoms with Crippen LogP contribution in [0.4, 0.5) is 9.42 Å². The Balaban J connectivity index is 0.000000401. The van der Waals surface area contributed by atoms with Crippen molar-refractivity contribution < 1.29 is 27.8 Å². The number of benzene rings is 14. The van der Waals surface area contributed by atoms with E-state index < -0.39 is 0 Å². The van der Waals surface area contributed by atoms with E-state index in [0.717, 1.165) is 40.9 Å². The van der Waals surface area contributed by atoms with Gasteiger partial charge in [0, 0.05) is 50.8 Å². The zero-order chi connectivity index (χ0) is 106. The molecule has 0 spiro atoms. The summed E-state index contributed by atoms with van der Waals surface area (Å²) in [6, 6.07) is 98.9. The number of aromatic nitrogens is 1. The van der Waals surface area contributed by atoms with Crippen LogP contribution in [0.2, 0.25) is 0 Å². The number of aryl methyl sites for hydroxylation is 20. The van der Waals surface area contributed by atoms with Crippen LogP contribution in [0.1, 0.15) is 221 Å². The van der Waals surface area contributed by atoms with Crippen molar-refractivity contribution in [1.29, 1.82) is 2.79 Å². The Kier molecular flexibility index (Phi) is 50.7. The summed E-state index contributed by atoms with van der Waals surface area (Å²) in [5.74, 6) is 2.03. The van der Waals surface area contributed by atoms with Crippen LogP contribution in [-0.4, -0.2) is 30.1 Å². The Morgan fingerprint density at radius 3 is 1.21 bits per heavy atom. The summed E-state index contributed by atoms with van der Waals surface area (Å²) in [5.41, 5.74) is 42.2. The molecule has 5 nitrogen and oxygen atoms in total. The number of rotatable bonds is 2. The molecular weight excluding hydrogens is 1780 g/mol. The SMILES string of the molecule is C.CC(C)=C(C)C.CCc1ccccc1C.Cc1c(C)c(C)c(C)c(C)c1C.Cc1cc2c(cc1C)C(C)(C)c1ccccc1-2.Cc1cc2ccccc2cc1C.Cc1cc2cccnc2cc1C.Cc1ccc2ccccc2c1C.Cc1ccc2ccccc2c1C.Cc1ccoc1C.Cc1ccsc1C.Cc1oc2ccccc2c1C.Cc1sc2ccccc2c1C.F.O=Cc1ccccc1.[3H]F.[3H][B].[B]=O. The van der Waals surface area contributed by atoms with Gasteiger partial charge in [0.1, 0.15) is 23.4 Å². The maximum absolute atomic E-state index is 10.0. The van der Waals surface area contributed by atoms with E-state index in [1.165, 1.54) is 219 Å². The number of nitrogens with zero attached hydrogens (tertiary/aromatic N) is 1. The fourth-order valence-electron chi connectivity index (χ4n) is 15.6. The van der Waals surface area contributed by atoms with Gasteiger partial charge in [0.2, 0.25) is 0 Å². The van der Waals surface area contributed by atoms with Gasteiger partial charge in [-0.05, 0) is 439 Å². The Bertz CT molecular complexity index is 6700. The Morgan fingerprint density at radius 1 is 0.366 bits per heavy atom. The molecule has 1 aliphatic carbocycles. The van der Waals surface area contributed by atoms with Gasteiger partial charge in [-0.1, -0.05) is 282 Å². The monoisotopic (exact) mass is 1940 g/mol. The minimum absolute atomic E-state index is 0. The van der Waals surface area contributed by atoms with Gasteiger partial charge in [0.05, 0.1) is 11.8 Å². The summed E-state index contributed by atoms with van der Waals surface area (Å²) in [5, 5.41) is 14.1. The summed E-state index contributed by atoms with van der Waals surface area (Å²) >= 11 is 3.68. The number of pyridine rings is 1. The van der Waals surface area contributed by atoms with Crippen LogP contribution in [0.5, 0.6) is 0 Å². The minimum atomic E-state index is 0. The first-order valence-corrected chi connectivity index (χ1v) is 49.6. The number of carbonyl (C=O) groups is 1. The van der Waals surface area contributed by atoms with E-state index in [2.05, 4.69) is 453 Å². The second-order valence-corrected chi connectivity index (χ2v) is 39.3. The molecule has 0 atom stereocenters. The van der Waals surface area contributed by atoms with Crippen molar-refractivity contribution in [3.05, 3.63) is 474 Å². The zero-order valence-electron chi connectivity index (χ0n) is 92.0. The predicted molar refractivity (Wildman–Crippen MR) is 626 cm³/mol. The molecule has 0 bridgehead atoms. The van der Waals surface area contributed by atoms with Crippen LogP contribution in [0.3, 0.4) is 0 Å². The van der Waals surface area contributed by atoms with Gasteiger partial charge in [0.15, 0.2) is 0 Å².